The molecule has 0 aromatic heterocycles. The lowest BCUT2D eigenvalue weighted by Crippen LogP contribution is -2.30. The molecule has 0 bridgehead atoms. The van der Waals surface area contributed by atoms with Crippen LogP contribution in [0.4, 0.5) is 5.69 Å². The van der Waals surface area contributed by atoms with E-state index in [0.29, 0.717) is 0 Å². The quantitative estimate of drug-likeness (QED) is 0.319. The average molecular weight is 197 g/mol. The molecule has 3 N–H and O–H groups in total. The Labute approximate surface area is 79.7 Å². The third-order valence-electron chi connectivity index (χ3n) is 1.69. The highest BCUT2D eigenvalue weighted by Crippen LogP contribution is 2.11. The van der Waals surface area contributed by atoms with Gasteiger partial charge in [0.05, 0.1) is 11.5 Å². The Balaban J connectivity index is 3.20. The summed E-state index contributed by atoms with van der Waals surface area (Å²) in [6.07, 6.45) is 0. The number of benzene rings is 1. The van der Waals surface area contributed by atoms with Gasteiger partial charge in [0.2, 0.25) is 0 Å². The monoisotopic (exact) mass is 197 g/mol. The van der Waals surface area contributed by atoms with Crippen molar-refractivity contribution in [1.82, 2.24) is 0 Å². The largest absolute Gasteiger partial charge is 0.488 e. The zero-order chi connectivity index (χ0) is 10.7. The Hall–Kier alpha value is -1.44. The highest BCUT2D eigenvalue weighted by atomic mass is 16.6. The fraction of sp³-hybridized carbons (Fsp3) is 0.143. The number of aliphatic hydroxyl groups is 1. The van der Waals surface area contributed by atoms with E-state index in [1.165, 1.54) is 12.1 Å². The van der Waals surface area contributed by atoms with Crippen LogP contribution in [-0.2, 0) is 6.61 Å². The van der Waals surface area contributed by atoms with Crippen molar-refractivity contribution in [3.8, 4) is 0 Å². The van der Waals surface area contributed by atoms with Crippen LogP contribution in [0.25, 0.3) is 0 Å². The summed E-state index contributed by atoms with van der Waals surface area (Å²) >= 11 is 0. The molecule has 0 spiro atoms. The Kier molecular flexibility index (Phi) is 3.18. The molecule has 74 valence electrons. The number of nitro benzene ring substituents is 1. The van der Waals surface area contributed by atoms with E-state index in [0.717, 1.165) is 6.07 Å². The Morgan fingerprint density at radius 3 is 2.43 bits per heavy atom. The molecule has 1 aromatic carbocycles. The van der Waals surface area contributed by atoms with Crippen LogP contribution >= 0.6 is 0 Å². The van der Waals surface area contributed by atoms with Crippen molar-refractivity contribution in [2.45, 2.75) is 6.61 Å². The molecule has 1 aromatic rings. The molecule has 0 radical (unpaired) electrons. The third-order valence-corrected chi connectivity index (χ3v) is 1.69. The minimum atomic E-state index is -1.78. The minimum Gasteiger partial charge on any atom is -0.423 e. The number of nitrogens with zero attached hydrogens (tertiary/aromatic N) is 1. The van der Waals surface area contributed by atoms with Gasteiger partial charge in [0.15, 0.2) is 0 Å². The summed E-state index contributed by atoms with van der Waals surface area (Å²) in [4.78, 5) is 9.74. The van der Waals surface area contributed by atoms with Crippen LogP contribution in [0.2, 0.25) is 0 Å². The van der Waals surface area contributed by atoms with Crippen molar-refractivity contribution >= 4 is 18.3 Å². The summed E-state index contributed by atoms with van der Waals surface area (Å²) in [5.74, 6) is 0. The molecular formula is C7H8BNO5. The Bertz CT molecular complexity index is 354. The molecule has 0 amide bonds. The van der Waals surface area contributed by atoms with Crippen molar-refractivity contribution < 1.29 is 20.1 Å². The molecule has 1 rings (SSSR count). The first-order valence-corrected chi connectivity index (χ1v) is 3.80. The summed E-state index contributed by atoms with van der Waals surface area (Å²) < 4.78 is 0. The van der Waals surface area contributed by atoms with Crippen LogP contribution in [0.15, 0.2) is 18.2 Å². The van der Waals surface area contributed by atoms with Gasteiger partial charge < -0.3 is 15.2 Å². The van der Waals surface area contributed by atoms with Gasteiger partial charge in [0.1, 0.15) is 0 Å². The summed E-state index contributed by atoms with van der Waals surface area (Å²) in [6, 6.07) is 3.51. The molecular weight excluding hydrogens is 189 g/mol. The van der Waals surface area contributed by atoms with Crippen LogP contribution in [0.1, 0.15) is 5.56 Å². The van der Waals surface area contributed by atoms with Crippen LogP contribution < -0.4 is 5.46 Å². The first kappa shape index (κ1) is 10.6. The maximum absolute atomic E-state index is 10.4. The van der Waals surface area contributed by atoms with Gasteiger partial charge >= 0.3 is 7.12 Å². The fourth-order valence-electron chi connectivity index (χ4n) is 1.05. The minimum absolute atomic E-state index is 0.0109. The number of hydrogen-bond donors (Lipinski definition) is 3. The van der Waals surface area contributed by atoms with E-state index in [2.05, 4.69) is 0 Å². The molecule has 0 fully saturated rings. The van der Waals surface area contributed by atoms with Crippen molar-refractivity contribution in [3.63, 3.8) is 0 Å². The number of rotatable bonds is 3. The van der Waals surface area contributed by atoms with E-state index in [1.54, 1.807) is 0 Å². The van der Waals surface area contributed by atoms with E-state index < -0.39 is 12.0 Å². The summed E-state index contributed by atoms with van der Waals surface area (Å²) in [7, 11) is -1.78. The standard InChI is InChI=1S/C7H8BNO5/c10-4-5-1-6(8(11)12)3-7(2-5)9(13)14/h1-3,10-12H,4H2. The molecule has 14 heavy (non-hydrogen) atoms. The molecule has 0 heterocycles. The van der Waals surface area contributed by atoms with Gasteiger partial charge in [-0.2, -0.15) is 0 Å². The van der Waals surface area contributed by atoms with Crippen LogP contribution in [0, 0.1) is 10.1 Å². The van der Waals surface area contributed by atoms with Gasteiger partial charge in [0, 0.05) is 12.1 Å². The highest BCUT2D eigenvalue weighted by molar-refractivity contribution is 6.58. The molecule has 0 saturated heterocycles. The van der Waals surface area contributed by atoms with E-state index in [4.69, 9.17) is 15.2 Å². The summed E-state index contributed by atoms with van der Waals surface area (Å²) in [5, 5.41) is 36.8. The van der Waals surface area contributed by atoms with E-state index in [-0.39, 0.29) is 23.3 Å². The second kappa shape index (κ2) is 4.18. The fourth-order valence-corrected chi connectivity index (χ4v) is 1.05. The number of nitro groups is 1. The topological polar surface area (TPSA) is 104 Å². The number of aliphatic hydroxyl groups excluding tert-OH is 1. The molecule has 0 aliphatic heterocycles. The van der Waals surface area contributed by atoms with Crippen molar-refractivity contribution in [3.05, 3.63) is 33.9 Å². The molecule has 0 atom stereocenters. The second-order valence-corrected chi connectivity index (χ2v) is 2.72. The first-order valence-electron chi connectivity index (χ1n) is 3.80. The maximum atomic E-state index is 10.4. The van der Waals surface area contributed by atoms with Gasteiger partial charge in [-0.1, -0.05) is 6.07 Å². The SMILES string of the molecule is O=[N+]([O-])c1cc(CO)cc(B(O)O)c1. The lowest BCUT2D eigenvalue weighted by Gasteiger charge is -2.02. The zero-order valence-electron chi connectivity index (χ0n) is 7.12. The van der Waals surface area contributed by atoms with Gasteiger partial charge in [-0.05, 0) is 11.0 Å². The number of hydrogen-bond acceptors (Lipinski definition) is 5. The molecule has 7 heteroatoms. The molecule has 0 aliphatic rings. The lowest BCUT2D eigenvalue weighted by atomic mass is 9.79. The predicted octanol–water partition coefficient (Wildman–Crippen LogP) is -1.23. The van der Waals surface area contributed by atoms with Gasteiger partial charge in [-0.25, -0.2) is 0 Å². The number of non-ortho nitro benzene ring substituents is 1. The smallest absolute Gasteiger partial charge is 0.423 e. The van der Waals surface area contributed by atoms with Gasteiger partial charge in [-0.15, -0.1) is 0 Å². The van der Waals surface area contributed by atoms with Crippen molar-refractivity contribution in [1.29, 1.82) is 0 Å². The van der Waals surface area contributed by atoms with Crippen molar-refractivity contribution in [2.75, 3.05) is 0 Å². The van der Waals surface area contributed by atoms with Crippen LogP contribution in [0.3, 0.4) is 0 Å². The van der Waals surface area contributed by atoms with Gasteiger partial charge in [0.25, 0.3) is 5.69 Å². The zero-order valence-corrected chi connectivity index (χ0v) is 7.12. The molecule has 0 aliphatic carbocycles. The van der Waals surface area contributed by atoms with Crippen LogP contribution in [0.5, 0.6) is 0 Å². The molecule has 0 saturated carbocycles. The summed E-state index contributed by atoms with van der Waals surface area (Å²) in [5.41, 5.74) is -0.0230. The second-order valence-electron chi connectivity index (χ2n) is 2.72. The normalized spacial score (nSPS) is 9.93. The molecule has 6 nitrogen and oxygen atoms in total. The van der Waals surface area contributed by atoms with E-state index in [1.807, 2.05) is 0 Å². The highest BCUT2D eigenvalue weighted by Gasteiger charge is 2.16. The Morgan fingerprint density at radius 2 is 2.00 bits per heavy atom. The van der Waals surface area contributed by atoms with Gasteiger partial charge in [-0.3, -0.25) is 10.1 Å². The lowest BCUT2D eigenvalue weighted by molar-refractivity contribution is -0.384. The average Bonchev–Trinajstić information content (AvgIpc) is 2.16. The predicted molar refractivity (Wildman–Crippen MR) is 48.8 cm³/mol. The summed E-state index contributed by atoms with van der Waals surface area (Å²) in [6.45, 7) is -0.388. The maximum Gasteiger partial charge on any atom is 0.488 e. The van der Waals surface area contributed by atoms with E-state index >= 15 is 0 Å². The van der Waals surface area contributed by atoms with Crippen molar-refractivity contribution in [2.24, 2.45) is 0 Å². The third kappa shape index (κ3) is 2.29. The molecule has 0 unspecified atom stereocenters. The van der Waals surface area contributed by atoms with E-state index in [9.17, 15) is 10.1 Å². The Morgan fingerprint density at radius 1 is 1.36 bits per heavy atom. The van der Waals surface area contributed by atoms with Crippen LogP contribution in [-0.4, -0.2) is 27.2 Å². The first-order chi connectivity index (χ1) is 6.54.